The smallest absolute Gasteiger partial charge is 0.404 e. The summed E-state index contributed by atoms with van der Waals surface area (Å²) in [4.78, 5) is 15.7. The van der Waals surface area contributed by atoms with Crippen LogP contribution in [0.1, 0.15) is 17.7 Å². The number of hydrogen-bond acceptors (Lipinski definition) is 6. The van der Waals surface area contributed by atoms with Crippen molar-refractivity contribution in [2.75, 3.05) is 13.2 Å². The van der Waals surface area contributed by atoms with Crippen molar-refractivity contribution in [2.24, 2.45) is 5.73 Å². The van der Waals surface area contributed by atoms with Gasteiger partial charge in [0.15, 0.2) is 0 Å². The fraction of sp³-hybridized carbons (Fsp3) is 0.333. The molecule has 0 radical (unpaired) electrons. The number of thiazole rings is 1. The molecule has 0 aliphatic heterocycles. The third-order valence-electron chi connectivity index (χ3n) is 2.83. The summed E-state index contributed by atoms with van der Waals surface area (Å²) in [6, 6.07) is 7.63. The lowest BCUT2D eigenvalue weighted by molar-refractivity contribution is 0.151. The highest BCUT2D eigenvalue weighted by molar-refractivity contribution is 7.15. The predicted octanol–water partition coefficient (Wildman–Crippen LogP) is 2.56. The average Bonchev–Trinajstić information content (AvgIpc) is 2.99. The van der Waals surface area contributed by atoms with Crippen LogP contribution in [-0.4, -0.2) is 29.4 Å². The number of aliphatic hydroxyl groups is 1. The molecule has 2 rings (SSSR count). The summed E-state index contributed by atoms with van der Waals surface area (Å²) in [6.45, 7) is 0.916. The molecule has 1 aromatic carbocycles. The van der Waals surface area contributed by atoms with Gasteiger partial charge in [-0.1, -0.05) is 0 Å². The van der Waals surface area contributed by atoms with Crippen molar-refractivity contribution in [1.82, 2.24) is 4.98 Å². The Hall–Kier alpha value is -2.12. The minimum Gasteiger partial charge on any atom is -0.494 e. The number of nitrogens with zero attached hydrogens (tertiary/aromatic N) is 1. The molecule has 0 saturated heterocycles. The van der Waals surface area contributed by atoms with Gasteiger partial charge < -0.3 is 20.3 Å². The standard InChI is InChI=1S/C15H18N2O4S/c16-15(19)21-10-13-9-17-14(22-13)11-3-5-12(6-4-11)20-8-2-1-7-18/h3-6,9,18H,1-2,7-8,10H2,(H2,16,19). The Balaban J connectivity index is 1.91. The summed E-state index contributed by atoms with van der Waals surface area (Å²) in [7, 11) is 0. The van der Waals surface area contributed by atoms with Crippen LogP contribution in [0.15, 0.2) is 30.5 Å². The number of benzene rings is 1. The van der Waals surface area contributed by atoms with Gasteiger partial charge in [0.25, 0.3) is 0 Å². The van der Waals surface area contributed by atoms with Crippen LogP contribution in [0.4, 0.5) is 4.79 Å². The molecule has 118 valence electrons. The first-order valence-corrected chi connectivity index (χ1v) is 7.71. The lowest BCUT2D eigenvalue weighted by Crippen LogP contribution is -2.12. The van der Waals surface area contributed by atoms with Crippen LogP contribution in [0.25, 0.3) is 10.6 Å². The van der Waals surface area contributed by atoms with E-state index >= 15 is 0 Å². The fourth-order valence-electron chi connectivity index (χ4n) is 1.75. The Bertz CT molecular complexity index is 598. The highest BCUT2D eigenvalue weighted by Gasteiger charge is 2.06. The predicted molar refractivity (Wildman–Crippen MR) is 83.7 cm³/mol. The maximum absolute atomic E-state index is 10.6. The van der Waals surface area contributed by atoms with E-state index in [1.807, 2.05) is 24.3 Å². The first kappa shape index (κ1) is 16.3. The van der Waals surface area contributed by atoms with E-state index in [2.05, 4.69) is 4.98 Å². The molecule has 3 N–H and O–H groups in total. The Morgan fingerprint density at radius 3 is 2.73 bits per heavy atom. The molecular weight excluding hydrogens is 304 g/mol. The van der Waals surface area contributed by atoms with E-state index in [1.165, 1.54) is 11.3 Å². The van der Waals surface area contributed by atoms with Gasteiger partial charge in [-0.25, -0.2) is 9.78 Å². The molecule has 0 bridgehead atoms. The van der Waals surface area contributed by atoms with E-state index < -0.39 is 6.09 Å². The molecule has 0 spiro atoms. The molecule has 1 amide bonds. The van der Waals surface area contributed by atoms with E-state index in [-0.39, 0.29) is 13.2 Å². The number of hydrogen-bond donors (Lipinski definition) is 2. The van der Waals surface area contributed by atoms with Crippen LogP contribution in [0.5, 0.6) is 5.75 Å². The van der Waals surface area contributed by atoms with Crippen LogP contribution >= 0.6 is 11.3 Å². The van der Waals surface area contributed by atoms with Gasteiger partial charge in [0, 0.05) is 18.4 Å². The van der Waals surface area contributed by atoms with Gasteiger partial charge in [-0.05, 0) is 37.1 Å². The maximum atomic E-state index is 10.6. The van der Waals surface area contributed by atoms with Crippen molar-refractivity contribution in [2.45, 2.75) is 19.4 Å². The lowest BCUT2D eigenvalue weighted by atomic mass is 10.2. The van der Waals surface area contributed by atoms with Crippen molar-refractivity contribution in [3.63, 3.8) is 0 Å². The maximum Gasteiger partial charge on any atom is 0.404 e. The number of unbranched alkanes of at least 4 members (excludes halogenated alkanes) is 1. The summed E-state index contributed by atoms with van der Waals surface area (Å²) in [5.41, 5.74) is 5.90. The first-order chi connectivity index (χ1) is 10.7. The van der Waals surface area contributed by atoms with Crippen LogP contribution < -0.4 is 10.5 Å². The van der Waals surface area contributed by atoms with E-state index in [0.717, 1.165) is 34.0 Å². The molecule has 7 heteroatoms. The number of carbonyl (C=O) groups is 1. The summed E-state index contributed by atoms with van der Waals surface area (Å²) < 4.78 is 10.3. The monoisotopic (exact) mass is 322 g/mol. The molecule has 0 unspecified atom stereocenters. The number of rotatable bonds is 8. The molecule has 0 fully saturated rings. The van der Waals surface area contributed by atoms with Crippen molar-refractivity contribution in [3.8, 4) is 16.3 Å². The van der Waals surface area contributed by atoms with Crippen LogP contribution in [0, 0.1) is 0 Å². The Kier molecular flexibility index (Phi) is 6.17. The molecule has 1 aromatic heterocycles. The third-order valence-corrected chi connectivity index (χ3v) is 3.85. The zero-order chi connectivity index (χ0) is 15.8. The van der Waals surface area contributed by atoms with Crippen molar-refractivity contribution < 1.29 is 19.4 Å². The van der Waals surface area contributed by atoms with Crippen molar-refractivity contribution in [1.29, 1.82) is 0 Å². The zero-order valence-electron chi connectivity index (χ0n) is 12.0. The number of amides is 1. The number of aromatic nitrogens is 1. The van der Waals surface area contributed by atoms with Crippen molar-refractivity contribution in [3.05, 3.63) is 35.3 Å². The van der Waals surface area contributed by atoms with Gasteiger partial charge >= 0.3 is 6.09 Å². The number of primary amides is 1. The Morgan fingerprint density at radius 2 is 2.05 bits per heavy atom. The Labute approximate surface area is 132 Å². The molecule has 1 heterocycles. The van der Waals surface area contributed by atoms with Crippen LogP contribution in [0.2, 0.25) is 0 Å². The highest BCUT2D eigenvalue weighted by atomic mass is 32.1. The summed E-state index contributed by atoms with van der Waals surface area (Å²) in [6.07, 6.45) is 2.45. The number of nitrogens with two attached hydrogens (primary N) is 1. The van der Waals surface area contributed by atoms with E-state index in [4.69, 9.17) is 20.3 Å². The van der Waals surface area contributed by atoms with Crippen molar-refractivity contribution >= 4 is 17.4 Å². The molecule has 0 aliphatic carbocycles. The fourth-order valence-corrected chi connectivity index (χ4v) is 2.58. The molecule has 22 heavy (non-hydrogen) atoms. The van der Waals surface area contributed by atoms with E-state index in [1.54, 1.807) is 6.20 Å². The van der Waals surface area contributed by atoms with Gasteiger partial charge in [0.05, 0.1) is 11.5 Å². The minimum atomic E-state index is -0.794. The number of ether oxygens (including phenoxy) is 2. The molecule has 0 aliphatic rings. The third kappa shape index (κ3) is 5.01. The second kappa shape index (κ2) is 8.35. The minimum absolute atomic E-state index is 0.138. The lowest BCUT2D eigenvalue weighted by Gasteiger charge is -2.05. The summed E-state index contributed by atoms with van der Waals surface area (Å²) in [5, 5.41) is 9.54. The van der Waals surface area contributed by atoms with Gasteiger partial charge in [-0.15, -0.1) is 11.3 Å². The molecule has 2 aromatic rings. The van der Waals surface area contributed by atoms with Gasteiger partial charge in [-0.2, -0.15) is 0 Å². The van der Waals surface area contributed by atoms with E-state index in [9.17, 15) is 4.79 Å². The quantitative estimate of drug-likeness (QED) is 0.728. The topological polar surface area (TPSA) is 94.7 Å². The van der Waals surface area contributed by atoms with Crippen LogP contribution in [0.3, 0.4) is 0 Å². The number of carbonyl (C=O) groups excluding carboxylic acids is 1. The molecule has 0 atom stereocenters. The Morgan fingerprint density at radius 1 is 1.27 bits per heavy atom. The van der Waals surface area contributed by atoms with Crippen LogP contribution in [-0.2, 0) is 11.3 Å². The highest BCUT2D eigenvalue weighted by Crippen LogP contribution is 2.27. The average molecular weight is 322 g/mol. The second-order valence-electron chi connectivity index (χ2n) is 4.54. The second-order valence-corrected chi connectivity index (χ2v) is 5.66. The largest absolute Gasteiger partial charge is 0.494 e. The molecule has 6 nitrogen and oxygen atoms in total. The summed E-state index contributed by atoms with van der Waals surface area (Å²) in [5.74, 6) is 0.788. The SMILES string of the molecule is NC(=O)OCc1cnc(-c2ccc(OCCCCO)cc2)s1. The number of aliphatic hydroxyl groups excluding tert-OH is 1. The normalized spacial score (nSPS) is 10.4. The van der Waals surface area contributed by atoms with E-state index in [0.29, 0.717) is 6.61 Å². The van der Waals surface area contributed by atoms with Gasteiger partial charge in [-0.3, -0.25) is 0 Å². The molecule has 0 saturated carbocycles. The van der Waals surface area contributed by atoms with Gasteiger partial charge in [0.2, 0.25) is 0 Å². The summed E-state index contributed by atoms with van der Waals surface area (Å²) >= 11 is 1.45. The zero-order valence-corrected chi connectivity index (χ0v) is 12.8. The first-order valence-electron chi connectivity index (χ1n) is 6.90. The van der Waals surface area contributed by atoms with Gasteiger partial charge in [0.1, 0.15) is 17.4 Å². The molecular formula is C15H18N2O4S.